The molecule has 0 aromatic rings. The van der Waals surface area contributed by atoms with Crippen LogP contribution in [0.3, 0.4) is 0 Å². The smallest absolute Gasteiger partial charge is 0.334 e. The molecule has 0 aromatic carbocycles. The number of rotatable bonds is 8. The van der Waals surface area contributed by atoms with Gasteiger partial charge in [0.2, 0.25) is 0 Å². The van der Waals surface area contributed by atoms with E-state index in [4.69, 9.17) is 4.74 Å². The molecular formula is C16H28O4. The third-order valence-corrected chi connectivity index (χ3v) is 4.40. The lowest BCUT2D eigenvalue weighted by Crippen LogP contribution is -2.39. The standard InChI is InChI=1S/C16H28O4/c1-5-11(14(18)13(17)7-3)9-16(8-4)10-12(6-2)15(19)20-16/h10-11,13-14,17-18H,5-9H2,1-4H3/t11-,13-,14+,16+/m0/s1. The predicted molar refractivity (Wildman–Crippen MR) is 78.2 cm³/mol. The van der Waals surface area contributed by atoms with Gasteiger partial charge in [-0.15, -0.1) is 0 Å². The maximum Gasteiger partial charge on any atom is 0.334 e. The molecule has 2 N–H and O–H groups in total. The van der Waals surface area contributed by atoms with Gasteiger partial charge in [0.25, 0.3) is 0 Å². The number of hydrogen-bond acceptors (Lipinski definition) is 4. The molecular weight excluding hydrogens is 256 g/mol. The van der Waals surface area contributed by atoms with Crippen molar-refractivity contribution in [1.29, 1.82) is 0 Å². The van der Waals surface area contributed by atoms with Crippen LogP contribution in [0.5, 0.6) is 0 Å². The lowest BCUT2D eigenvalue weighted by molar-refractivity contribution is -0.149. The minimum absolute atomic E-state index is 0.0786. The minimum Gasteiger partial charge on any atom is -0.451 e. The quantitative estimate of drug-likeness (QED) is 0.672. The van der Waals surface area contributed by atoms with Gasteiger partial charge in [0.15, 0.2) is 0 Å². The van der Waals surface area contributed by atoms with Crippen LogP contribution in [0.4, 0.5) is 0 Å². The Morgan fingerprint density at radius 3 is 2.25 bits per heavy atom. The first-order chi connectivity index (χ1) is 9.42. The van der Waals surface area contributed by atoms with E-state index in [1.54, 1.807) is 0 Å². The summed E-state index contributed by atoms with van der Waals surface area (Å²) in [5.41, 5.74) is 0.101. The fraction of sp³-hybridized carbons (Fsp3) is 0.812. The van der Waals surface area contributed by atoms with Gasteiger partial charge >= 0.3 is 5.97 Å². The molecule has 0 aliphatic carbocycles. The topological polar surface area (TPSA) is 66.8 Å². The van der Waals surface area contributed by atoms with Crippen LogP contribution < -0.4 is 0 Å². The van der Waals surface area contributed by atoms with Crippen molar-refractivity contribution in [3.8, 4) is 0 Å². The van der Waals surface area contributed by atoms with Crippen LogP contribution in [0, 0.1) is 5.92 Å². The number of esters is 1. The molecule has 0 saturated heterocycles. The summed E-state index contributed by atoms with van der Waals surface area (Å²) >= 11 is 0. The van der Waals surface area contributed by atoms with Gasteiger partial charge in [-0.25, -0.2) is 4.79 Å². The van der Waals surface area contributed by atoms with Gasteiger partial charge in [0, 0.05) is 5.57 Å². The van der Waals surface area contributed by atoms with Gasteiger partial charge in [-0.2, -0.15) is 0 Å². The minimum atomic E-state index is -0.772. The van der Waals surface area contributed by atoms with Crippen LogP contribution in [0.25, 0.3) is 0 Å². The molecule has 1 rings (SSSR count). The number of aliphatic hydroxyl groups is 2. The number of cyclic esters (lactones) is 1. The summed E-state index contributed by atoms with van der Waals surface area (Å²) in [5, 5.41) is 20.1. The Morgan fingerprint density at radius 2 is 1.85 bits per heavy atom. The van der Waals surface area contributed by atoms with Crippen molar-refractivity contribution >= 4 is 5.97 Å². The molecule has 0 amide bonds. The van der Waals surface area contributed by atoms with Gasteiger partial charge in [-0.05, 0) is 37.7 Å². The Balaban J connectivity index is 2.87. The van der Waals surface area contributed by atoms with Gasteiger partial charge < -0.3 is 14.9 Å². The van der Waals surface area contributed by atoms with Crippen molar-refractivity contribution in [2.24, 2.45) is 5.92 Å². The summed E-state index contributed by atoms with van der Waals surface area (Å²) in [6.07, 6.45) is 3.60. The summed E-state index contributed by atoms with van der Waals surface area (Å²) in [6, 6.07) is 0. The van der Waals surface area contributed by atoms with E-state index in [-0.39, 0.29) is 11.9 Å². The highest BCUT2D eigenvalue weighted by Gasteiger charge is 2.41. The second-order valence-electron chi connectivity index (χ2n) is 5.67. The van der Waals surface area contributed by atoms with Crippen molar-refractivity contribution in [1.82, 2.24) is 0 Å². The van der Waals surface area contributed by atoms with Crippen molar-refractivity contribution in [2.45, 2.75) is 77.6 Å². The molecule has 0 unspecified atom stereocenters. The Kier molecular flexibility index (Phi) is 6.21. The first kappa shape index (κ1) is 17.2. The van der Waals surface area contributed by atoms with E-state index < -0.39 is 17.8 Å². The number of carbonyl (C=O) groups excluding carboxylic acids is 1. The fourth-order valence-corrected chi connectivity index (χ4v) is 2.83. The first-order valence-corrected chi connectivity index (χ1v) is 7.74. The summed E-state index contributed by atoms with van der Waals surface area (Å²) in [6.45, 7) is 7.76. The van der Waals surface area contributed by atoms with E-state index in [0.29, 0.717) is 31.3 Å². The van der Waals surface area contributed by atoms with Gasteiger partial charge in [0.1, 0.15) is 5.60 Å². The van der Waals surface area contributed by atoms with E-state index in [0.717, 1.165) is 6.42 Å². The lowest BCUT2D eigenvalue weighted by Gasteiger charge is -2.33. The van der Waals surface area contributed by atoms with Crippen molar-refractivity contribution in [3.63, 3.8) is 0 Å². The van der Waals surface area contributed by atoms with E-state index >= 15 is 0 Å². The molecule has 4 nitrogen and oxygen atoms in total. The number of hydrogen-bond donors (Lipinski definition) is 2. The molecule has 1 aliphatic heterocycles. The van der Waals surface area contributed by atoms with Crippen molar-refractivity contribution < 1.29 is 19.7 Å². The highest BCUT2D eigenvalue weighted by Crippen LogP contribution is 2.37. The maximum atomic E-state index is 11.8. The molecule has 0 fully saturated rings. The summed E-state index contributed by atoms with van der Waals surface area (Å²) in [7, 11) is 0. The van der Waals surface area contributed by atoms with Gasteiger partial charge in [-0.3, -0.25) is 0 Å². The third kappa shape index (κ3) is 3.61. The fourth-order valence-electron chi connectivity index (χ4n) is 2.83. The molecule has 20 heavy (non-hydrogen) atoms. The molecule has 0 bridgehead atoms. The zero-order valence-electron chi connectivity index (χ0n) is 13.1. The van der Waals surface area contributed by atoms with Crippen LogP contribution >= 0.6 is 0 Å². The highest BCUT2D eigenvalue weighted by molar-refractivity contribution is 5.91. The van der Waals surface area contributed by atoms with Crippen molar-refractivity contribution in [3.05, 3.63) is 11.6 Å². The van der Waals surface area contributed by atoms with Crippen LogP contribution in [0.15, 0.2) is 11.6 Å². The average Bonchev–Trinajstić information content (AvgIpc) is 2.79. The van der Waals surface area contributed by atoms with Crippen LogP contribution in [-0.4, -0.2) is 34.0 Å². The van der Waals surface area contributed by atoms with Crippen LogP contribution in [0.1, 0.15) is 59.8 Å². The molecule has 0 radical (unpaired) electrons. The zero-order chi connectivity index (χ0) is 15.3. The Bertz CT molecular complexity index is 363. The number of aliphatic hydroxyl groups excluding tert-OH is 2. The molecule has 0 saturated carbocycles. The van der Waals surface area contributed by atoms with Gasteiger partial charge in [0.05, 0.1) is 12.2 Å². The summed E-state index contributed by atoms with van der Waals surface area (Å²) < 4.78 is 5.57. The highest BCUT2D eigenvalue weighted by atomic mass is 16.6. The molecule has 0 aromatic heterocycles. The second kappa shape index (κ2) is 7.23. The van der Waals surface area contributed by atoms with Crippen LogP contribution in [-0.2, 0) is 9.53 Å². The molecule has 4 heteroatoms. The SMILES string of the molecule is CCC1=C[C@@](CC)(C[C@H](CC)[C@@H](O)[C@@H](O)CC)OC1=O. The van der Waals surface area contributed by atoms with E-state index in [1.807, 2.05) is 33.8 Å². The molecule has 1 heterocycles. The predicted octanol–water partition coefficient (Wildman–Crippen LogP) is 2.58. The molecule has 1 aliphatic rings. The summed E-state index contributed by atoms with van der Waals surface area (Å²) in [5.74, 6) is -0.320. The summed E-state index contributed by atoms with van der Waals surface area (Å²) in [4.78, 5) is 11.8. The van der Waals surface area contributed by atoms with Gasteiger partial charge in [-0.1, -0.05) is 34.1 Å². The molecule has 4 atom stereocenters. The Morgan fingerprint density at radius 1 is 1.20 bits per heavy atom. The monoisotopic (exact) mass is 284 g/mol. The third-order valence-electron chi connectivity index (χ3n) is 4.40. The number of carbonyl (C=O) groups is 1. The number of ether oxygens (including phenoxy) is 1. The van der Waals surface area contributed by atoms with Crippen LogP contribution in [0.2, 0.25) is 0 Å². The van der Waals surface area contributed by atoms with Crippen molar-refractivity contribution in [2.75, 3.05) is 0 Å². The average molecular weight is 284 g/mol. The molecule has 116 valence electrons. The Hall–Kier alpha value is -0.870. The second-order valence-corrected chi connectivity index (χ2v) is 5.67. The normalized spacial score (nSPS) is 26.9. The van der Waals surface area contributed by atoms with E-state index in [1.165, 1.54) is 0 Å². The Labute approximate surface area is 121 Å². The largest absolute Gasteiger partial charge is 0.451 e. The van der Waals surface area contributed by atoms with E-state index in [9.17, 15) is 15.0 Å². The molecule has 0 spiro atoms. The zero-order valence-corrected chi connectivity index (χ0v) is 13.1. The van der Waals surface area contributed by atoms with E-state index in [2.05, 4.69) is 0 Å². The first-order valence-electron chi connectivity index (χ1n) is 7.74. The lowest BCUT2D eigenvalue weighted by atomic mass is 9.81. The maximum absolute atomic E-state index is 11.8.